The van der Waals surface area contributed by atoms with Gasteiger partial charge in [0.15, 0.2) is 0 Å². The number of amides is 2. The maximum atomic E-state index is 13.9. The van der Waals surface area contributed by atoms with E-state index in [0.717, 1.165) is 22.4 Å². The van der Waals surface area contributed by atoms with Crippen molar-refractivity contribution in [2.75, 3.05) is 6.54 Å². The highest BCUT2D eigenvalue weighted by atomic mass is 19.1. The van der Waals surface area contributed by atoms with Gasteiger partial charge in [-0.1, -0.05) is 18.2 Å². The van der Waals surface area contributed by atoms with Crippen LogP contribution in [0.5, 0.6) is 0 Å². The molecule has 0 aliphatic carbocycles. The van der Waals surface area contributed by atoms with E-state index >= 15 is 0 Å². The summed E-state index contributed by atoms with van der Waals surface area (Å²) in [5.74, 6) is -0.993. The van der Waals surface area contributed by atoms with Crippen LogP contribution in [0.25, 0.3) is 0 Å². The molecule has 3 atom stereocenters. The number of carbonyl (C=O) groups excluding carboxylic acids is 2. The number of nitrogens with two attached hydrogens (primary N) is 1. The van der Waals surface area contributed by atoms with E-state index in [9.17, 15) is 18.8 Å². The van der Waals surface area contributed by atoms with Crippen molar-refractivity contribution in [2.24, 2.45) is 5.73 Å². The summed E-state index contributed by atoms with van der Waals surface area (Å²) in [5, 5.41) is 9.10. The summed E-state index contributed by atoms with van der Waals surface area (Å²) in [6.45, 7) is 5.34. The number of H-pyrrole nitrogens is 1. The van der Waals surface area contributed by atoms with Crippen LogP contribution in [0.3, 0.4) is 0 Å². The molecule has 1 aliphatic rings. The molecule has 9 heteroatoms. The maximum absolute atomic E-state index is 13.9. The zero-order valence-corrected chi connectivity index (χ0v) is 21.3. The van der Waals surface area contributed by atoms with Crippen LogP contribution in [0.2, 0.25) is 0 Å². The Bertz CT molecular complexity index is 1370. The molecule has 2 heterocycles. The van der Waals surface area contributed by atoms with Crippen molar-refractivity contribution in [1.29, 1.82) is 0 Å². The van der Waals surface area contributed by atoms with Crippen LogP contribution >= 0.6 is 0 Å². The number of carbonyl (C=O) groups is 2. The first-order valence-corrected chi connectivity index (χ1v) is 12.4. The number of aryl methyl sites for hydroxylation is 2. The van der Waals surface area contributed by atoms with E-state index in [1.165, 1.54) is 12.1 Å². The minimum Gasteiger partial charge on any atom is -0.343 e. The number of hydrogen-bond acceptors (Lipinski definition) is 5. The van der Waals surface area contributed by atoms with E-state index in [2.05, 4.69) is 15.5 Å². The van der Waals surface area contributed by atoms with Crippen LogP contribution in [-0.4, -0.2) is 45.5 Å². The van der Waals surface area contributed by atoms with Gasteiger partial charge in [0.25, 0.3) is 11.5 Å². The Hall–Kier alpha value is -3.85. The highest BCUT2D eigenvalue weighted by Gasteiger charge is 2.39. The number of halogens is 1. The molecule has 4 rings (SSSR count). The molecular formula is C28H32FN5O3. The predicted octanol–water partition coefficient (Wildman–Crippen LogP) is 2.93. The van der Waals surface area contributed by atoms with Crippen LogP contribution in [0.1, 0.15) is 64.1 Å². The first-order valence-electron chi connectivity index (χ1n) is 12.4. The zero-order chi connectivity index (χ0) is 26.7. The van der Waals surface area contributed by atoms with E-state index in [1.54, 1.807) is 36.1 Å². The highest BCUT2D eigenvalue weighted by Crippen LogP contribution is 2.37. The second kappa shape index (κ2) is 11.0. The van der Waals surface area contributed by atoms with Gasteiger partial charge in [-0.15, -0.1) is 0 Å². The lowest BCUT2D eigenvalue weighted by atomic mass is 9.99. The molecule has 194 valence electrons. The molecule has 1 saturated heterocycles. The zero-order valence-electron chi connectivity index (χ0n) is 21.3. The fraction of sp³-hybridized carbons (Fsp3) is 0.357. The Morgan fingerprint density at radius 2 is 1.95 bits per heavy atom. The number of aromatic nitrogens is 2. The Morgan fingerprint density at radius 3 is 2.65 bits per heavy atom. The molecular weight excluding hydrogens is 473 g/mol. The van der Waals surface area contributed by atoms with Gasteiger partial charge >= 0.3 is 0 Å². The number of benzene rings is 2. The normalized spacial score (nSPS) is 18.0. The number of nitrogens with zero attached hydrogens (tertiary/aromatic N) is 2. The third-order valence-corrected chi connectivity index (χ3v) is 6.95. The van der Waals surface area contributed by atoms with Crippen LogP contribution in [0.15, 0.2) is 53.3 Å². The monoisotopic (exact) mass is 505 g/mol. The number of likely N-dealkylation sites (tertiary alicyclic amines) is 1. The highest BCUT2D eigenvalue weighted by molar-refractivity contribution is 5.96. The molecule has 1 aromatic heterocycles. The fourth-order valence-electron chi connectivity index (χ4n) is 5.04. The van der Waals surface area contributed by atoms with Gasteiger partial charge in [0.05, 0.1) is 18.3 Å². The molecule has 37 heavy (non-hydrogen) atoms. The fourth-order valence-corrected chi connectivity index (χ4v) is 5.04. The average molecular weight is 506 g/mol. The number of hydrogen-bond donors (Lipinski definition) is 3. The first kappa shape index (κ1) is 26.2. The van der Waals surface area contributed by atoms with E-state index < -0.39 is 0 Å². The molecule has 0 unspecified atom stereocenters. The molecule has 1 fully saturated rings. The van der Waals surface area contributed by atoms with Crippen molar-refractivity contribution >= 4 is 11.8 Å². The molecule has 0 radical (unpaired) electrons. The van der Waals surface area contributed by atoms with Gasteiger partial charge in [-0.2, -0.15) is 5.10 Å². The average Bonchev–Trinajstić information content (AvgIpc) is 3.31. The van der Waals surface area contributed by atoms with Crippen molar-refractivity contribution in [2.45, 2.75) is 58.2 Å². The van der Waals surface area contributed by atoms with Gasteiger partial charge < -0.3 is 16.0 Å². The molecule has 2 amide bonds. The second-order valence-corrected chi connectivity index (χ2v) is 9.74. The van der Waals surface area contributed by atoms with Crippen molar-refractivity contribution in [1.82, 2.24) is 20.4 Å². The van der Waals surface area contributed by atoms with E-state index in [4.69, 9.17) is 5.73 Å². The summed E-state index contributed by atoms with van der Waals surface area (Å²) < 4.78 is 13.9. The number of rotatable bonds is 7. The van der Waals surface area contributed by atoms with Crippen LogP contribution in [0, 0.1) is 19.7 Å². The van der Waals surface area contributed by atoms with Crippen molar-refractivity contribution in [3.8, 4) is 0 Å². The Morgan fingerprint density at radius 1 is 1.16 bits per heavy atom. The van der Waals surface area contributed by atoms with Crippen LogP contribution in [-0.2, 0) is 11.2 Å². The van der Waals surface area contributed by atoms with E-state index in [1.807, 2.05) is 26.0 Å². The topological polar surface area (TPSA) is 121 Å². The molecule has 0 saturated carbocycles. The Balaban J connectivity index is 1.45. The van der Waals surface area contributed by atoms with Gasteiger partial charge in [0.1, 0.15) is 5.82 Å². The van der Waals surface area contributed by atoms with Crippen molar-refractivity contribution < 1.29 is 14.0 Å². The van der Waals surface area contributed by atoms with Crippen molar-refractivity contribution in [3.05, 3.63) is 98.2 Å². The smallest absolute Gasteiger partial charge is 0.267 e. The molecule has 4 N–H and O–H groups in total. The summed E-state index contributed by atoms with van der Waals surface area (Å²) in [4.78, 5) is 39.9. The molecule has 8 nitrogen and oxygen atoms in total. The SMILES string of the molecule is Cc1cc(Cc2ccc(C(=O)NCC(=O)N3[C@@H]([C@H](C)N)CC[C@H]3c3cccc(F)c3)cc2C)c(=O)[nH]n1. The van der Waals surface area contributed by atoms with Gasteiger partial charge in [-0.05, 0) is 80.6 Å². The predicted molar refractivity (Wildman–Crippen MR) is 139 cm³/mol. The molecule has 3 aromatic rings. The van der Waals surface area contributed by atoms with Gasteiger partial charge in [0.2, 0.25) is 5.91 Å². The Labute approximate surface area is 215 Å². The molecule has 2 aromatic carbocycles. The minimum atomic E-state index is -0.376. The van der Waals surface area contributed by atoms with Gasteiger partial charge in [-0.25, -0.2) is 9.49 Å². The maximum Gasteiger partial charge on any atom is 0.267 e. The number of nitrogens with one attached hydrogen (secondary N) is 2. The van der Waals surface area contributed by atoms with Crippen LogP contribution < -0.4 is 16.6 Å². The summed E-state index contributed by atoms with van der Waals surface area (Å²) in [7, 11) is 0. The van der Waals surface area contributed by atoms with Gasteiger partial charge in [0, 0.05) is 29.6 Å². The first-order chi connectivity index (χ1) is 17.6. The molecule has 0 bridgehead atoms. The third kappa shape index (κ3) is 5.94. The second-order valence-electron chi connectivity index (χ2n) is 9.74. The quantitative estimate of drug-likeness (QED) is 0.456. The third-order valence-electron chi connectivity index (χ3n) is 6.95. The van der Waals surface area contributed by atoms with Crippen molar-refractivity contribution in [3.63, 3.8) is 0 Å². The summed E-state index contributed by atoms with van der Waals surface area (Å²) in [5.41, 5.74) is 10.2. The van der Waals surface area contributed by atoms with E-state index in [0.29, 0.717) is 30.4 Å². The minimum absolute atomic E-state index is 0.194. The lowest BCUT2D eigenvalue weighted by Crippen LogP contribution is -2.49. The van der Waals surface area contributed by atoms with Crippen LogP contribution in [0.4, 0.5) is 4.39 Å². The van der Waals surface area contributed by atoms with E-state index in [-0.39, 0.29) is 47.9 Å². The summed E-state index contributed by atoms with van der Waals surface area (Å²) >= 11 is 0. The standard InChI is InChI=1S/C28H32FN5O3/c1-16-11-21(8-7-19(16)13-22-12-17(2)32-33-28(22)37)27(36)31-15-26(35)34-24(18(3)30)9-10-25(34)20-5-4-6-23(29)14-20/h4-8,11-12,14,18,24-25H,9-10,13,15,30H2,1-3H3,(H,31,36)(H,33,37)/t18-,24+,25-/m0/s1. The Kier molecular flexibility index (Phi) is 7.83. The molecule has 1 aliphatic heterocycles. The molecule has 0 spiro atoms. The largest absolute Gasteiger partial charge is 0.343 e. The van der Waals surface area contributed by atoms with Gasteiger partial charge in [-0.3, -0.25) is 14.4 Å². The summed E-state index contributed by atoms with van der Waals surface area (Å²) in [6, 6.07) is 12.5. The lowest BCUT2D eigenvalue weighted by molar-refractivity contribution is -0.133. The number of aromatic amines is 1. The summed E-state index contributed by atoms with van der Waals surface area (Å²) in [6.07, 6.45) is 1.80. The lowest BCUT2D eigenvalue weighted by Gasteiger charge is -2.33.